The number of hydrogen-bond donors (Lipinski definition) is 2. The minimum atomic E-state index is -0.199. The molecule has 1 aromatic heterocycles. The number of ether oxygens (including phenoxy) is 1. The van der Waals surface area contributed by atoms with Crippen molar-refractivity contribution in [3.8, 4) is 5.75 Å². The molecule has 0 bridgehead atoms. The zero-order chi connectivity index (χ0) is 15.5. The summed E-state index contributed by atoms with van der Waals surface area (Å²) in [7, 11) is 1.64. The van der Waals surface area contributed by atoms with Gasteiger partial charge in [-0.2, -0.15) is 0 Å². The first kappa shape index (κ1) is 15.5. The highest BCUT2D eigenvalue weighted by molar-refractivity contribution is 5.38. The van der Waals surface area contributed by atoms with E-state index in [-0.39, 0.29) is 11.5 Å². The van der Waals surface area contributed by atoms with Gasteiger partial charge in [0.15, 0.2) is 0 Å². The number of benzene rings is 1. The highest BCUT2D eigenvalue weighted by Crippen LogP contribution is 2.29. The van der Waals surface area contributed by atoms with Gasteiger partial charge in [0.1, 0.15) is 11.4 Å². The van der Waals surface area contributed by atoms with Crippen LogP contribution in [0, 0.1) is 0 Å². The van der Waals surface area contributed by atoms with Crippen LogP contribution in [0.5, 0.6) is 5.75 Å². The third-order valence-electron chi connectivity index (χ3n) is 3.57. The molecule has 0 aliphatic carbocycles. The monoisotopic (exact) mass is 285 g/mol. The van der Waals surface area contributed by atoms with Gasteiger partial charge in [0.2, 0.25) is 0 Å². The summed E-state index contributed by atoms with van der Waals surface area (Å²) in [5, 5.41) is 0. The molecule has 0 saturated heterocycles. The Morgan fingerprint density at radius 3 is 2.33 bits per heavy atom. The number of nitrogens with one attached hydrogen (secondary N) is 1. The molecule has 0 aliphatic heterocycles. The maximum Gasteiger partial charge on any atom is 0.142 e. The summed E-state index contributed by atoms with van der Waals surface area (Å²) >= 11 is 0. The second-order valence-electron chi connectivity index (χ2n) is 6.06. The van der Waals surface area contributed by atoms with Crippen molar-refractivity contribution in [3.05, 3.63) is 59.4 Å². The molecule has 4 nitrogen and oxygen atoms in total. The van der Waals surface area contributed by atoms with Crippen molar-refractivity contribution in [2.45, 2.75) is 32.2 Å². The van der Waals surface area contributed by atoms with E-state index in [0.717, 1.165) is 17.0 Å². The van der Waals surface area contributed by atoms with E-state index in [4.69, 9.17) is 10.6 Å². The molecule has 0 spiro atoms. The van der Waals surface area contributed by atoms with E-state index >= 15 is 0 Å². The van der Waals surface area contributed by atoms with Crippen LogP contribution in [0.15, 0.2) is 42.6 Å². The van der Waals surface area contributed by atoms with Crippen molar-refractivity contribution in [1.82, 2.24) is 10.4 Å². The van der Waals surface area contributed by atoms with E-state index in [0.29, 0.717) is 0 Å². The molecular formula is C17H23N3O. The lowest BCUT2D eigenvalue weighted by molar-refractivity contribution is 0.400. The molecule has 0 fully saturated rings. The number of nitrogens with zero attached hydrogens (tertiary/aromatic N) is 1. The second-order valence-corrected chi connectivity index (χ2v) is 6.06. The van der Waals surface area contributed by atoms with Crippen LogP contribution in [0.4, 0.5) is 0 Å². The number of hydrogen-bond acceptors (Lipinski definition) is 4. The van der Waals surface area contributed by atoms with Gasteiger partial charge in [-0.15, -0.1) is 0 Å². The molecule has 2 rings (SSSR count). The fourth-order valence-corrected chi connectivity index (χ4v) is 2.30. The van der Waals surface area contributed by atoms with Gasteiger partial charge in [0, 0.05) is 6.20 Å². The Morgan fingerprint density at radius 1 is 1.14 bits per heavy atom. The largest absolute Gasteiger partial charge is 0.495 e. The summed E-state index contributed by atoms with van der Waals surface area (Å²) in [4.78, 5) is 4.40. The fraction of sp³-hybridized carbons (Fsp3) is 0.353. The van der Waals surface area contributed by atoms with E-state index in [1.165, 1.54) is 5.56 Å². The second kappa shape index (κ2) is 6.24. The van der Waals surface area contributed by atoms with E-state index in [1.807, 2.05) is 12.1 Å². The van der Waals surface area contributed by atoms with Crippen LogP contribution < -0.4 is 16.0 Å². The molecule has 0 radical (unpaired) electrons. The van der Waals surface area contributed by atoms with Crippen molar-refractivity contribution in [2.24, 2.45) is 5.84 Å². The van der Waals surface area contributed by atoms with E-state index in [2.05, 4.69) is 55.4 Å². The van der Waals surface area contributed by atoms with Gasteiger partial charge in [-0.05, 0) is 28.7 Å². The van der Waals surface area contributed by atoms with Crippen molar-refractivity contribution < 1.29 is 4.74 Å². The van der Waals surface area contributed by atoms with Crippen LogP contribution in [0.2, 0.25) is 0 Å². The van der Waals surface area contributed by atoms with Crippen molar-refractivity contribution in [2.75, 3.05) is 7.11 Å². The Labute approximate surface area is 126 Å². The smallest absolute Gasteiger partial charge is 0.142 e. The highest BCUT2D eigenvalue weighted by atomic mass is 16.5. The predicted molar refractivity (Wildman–Crippen MR) is 85.1 cm³/mol. The van der Waals surface area contributed by atoms with Crippen LogP contribution >= 0.6 is 0 Å². The topological polar surface area (TPSA) is 60.2 Å². The van der Waals surface area contributed by atoms with Crippen molar-refractivity contribution >= 4 is 0 Å². The molecule has 0 aliphatic rings. The molecule has 0 saturated carbocycles. The number of methoxy groups -OCH3 is 1. The molecule has 0 amide bonds. The van der Waals surface area contributed by atoms with Crippen LogP contribution in [0.25, 0.3) is 0 Å². The molecule has 1 heterocycles. The number of nitrogens with two attached hydrogens (primary N) is 1. The predicted octanol–water partition coefficient (Wildman–Crippen LogP) is 2.94. The van der Waals surface area contributed by atoms with Crippen LogP contribution in [0.3, 0.4) is 0 Å². The van der Waals surface area contributed by atoms with E-state index < -0.39 is 0 Å². The zero-order valence-electron chi connectivity index (χ0n) is 13.1. The minimum Gasteiger partial charge on any atom is -0.495 e. The van der Waals surface area contributed by atoms with Crippen molar-refractivity contribution in [3.63, 3.8) is 0 Å². The first-order chi connectivity index (χ1) is 9.97. The first-order valence-corrected chi connectivity index (χ1v) is 7.03. The minimum absolute atomic E-state index is 0.132. The number of rotatable bonds is 4. The molecule has 1 unspecified atom stereocenters. The van der Waals surface area contributed by atoms with Crippen LogP contribution in [0.1, 0.15) is 43.6 Å². The average molecular weight is 285 g/mol. The first-order valence-electron chi connectivity index (χ1n) is 7.03. The maximum absolute atomic E-state index is 5.74. The molecule has 1 atom stereocenters. The van der Waals surface area contributed by atoms with E-state index in [9.17, 15) is 0 Å². The van der Waals surface area contributed by atoms with Gasteiger partial charge in [-0.25, -0.2) is 5.43 Å². The molecule has 3 N–H and O–H groups in total. The van der Waals surface area contributed by atoms with Crippen LogP contribution in [-0.2, 0) is 5.41 Å². The molecule has 1 aromatic carbocycles. The molecule has 112 valence electrons. The average Bonchev–Trinajstić information content (AvgIpc) is 2.48. The summed E-state index contributed by atoms with van der Waals surface area (Å²) in [6.45, 7) is 6.59. The third-order valence-corrected chi connectivity index (χ3v) is 3.57. The SMILES string of the molecule is COc1cccnc1C(NN)c1ccc(C(C)(C)C)cc1. The van der Waals surface area contributed by atoms with Gasteiger partial charge < -0.3 is 4.74 Å². The Kier molecular flexibility index (Phi) is 4.60. The van der Waals surface area contributed by atoms with Gasteiger partial charge in [0.25, 0.3) is 0 Å². The summed E-state index contributed by atoms with van der Waals surface area (Å²) in [5.41, 5.74) is 6.09. The normalized spacial score (nSPS) is 13.0. The highest BCUT2D eigenvalue weighted by Gasteiger charge is 2.19. The Morgan fingerprint density at radius 2 is 1.81 bits per heavy atom. The number of pyridine rings is 1. The number of aromatic nitrogens is 1. The Balaban J connectivity index is 2.38. The molecular weight excluding hydrogens is 262 g/mol. The fourth-order valence-electron chi connectivity index (χ4n) is 2.30. The quantitative estimate of drug-likeness (QED) is 0.670. The lowest BCUT2D eigenvalue weighted by Gasteiger charge is -2.22. The lowest BCUT2D eigenvalue weighted by atomic mass is 9.86. The maximum atomic E-state index is 5.74. The molecule has 2 aromatic rings. The van der Waals surface area contributed by atoms with E-state index in [1.54, 1.807) is 13.3 Å². The summed E-state index contributed by atoms with van der Waals surface area (Å²) < 4.78 is 5.37. The van der Waals surface area contributed by atoms with Gasteiger partial charge in [-0.1, -0.05) is 45.0 Å². The Bertz CT molecular complexity index is 588. The van der Waals surface area contributed by atoms with Gasteiger partial charge >= 0.3 is 0 Å². The molecule has 21 heavy (non-hydrogen) atoms. The van der Waals surface area contributed by atoms with Gasteiger partial charge in [0.05, 0.1) is 13.2 Å². The lowest BCUT2D eigenvalue weighted by Crippen LogP contribution is -2.30. The van der Waals surface area contributed by atoms with Crippen molar-refractivity contribution in [1.29, 1.82) is 0 Å². The Hall–Kier alpha value is -1.91. The standard InChI is InChI=1S/C17H23N3O/c1-17(2,3)13-9-7-12(8-10-13)15(20-18)16-14(21-4)6-5-11-19-16/h5-11,15,20H,18H2,1-4H3. The van der Waals surface area contributed by atoms with Gasteiger partial charge in [-0.3, -0.25) is 10.8 Å². The summed E-state index contributed by atoms with van der Waals surface area (Å²) in [5.74, 6) is 6.46. The summed E-state index contributed by atoms with van der Waals surface area (Å²) in [6.07, 6.45) is 1.74. The zero-order valence-corrected chi connectivity index (χ0v) is 13.1. The third kappa shape index (κ3) is 3.40. The van der Waals surface area contributed by atoms with Crippen LogP contribution in [-0.4, -0.2) is 12.1 Å². The molecule has 4 heteroatoms. The summed E-state index contributed by atoms with van der Waals surface area (Å²) in [6, 6.07) is 12.0. The number of hydrazine groups is 1.